The van der Waals surface area contributed by atoms with Crippen LogP contribution in [0.5, 0.6) is 5.75 Å². The fraction of sp³-hybridized carbons (Fsp3) is 0.200. The van der Waals surface area contributed by atoms with E-state index in [1.54, 1.807) is 0 Å². The number of carbonyl (C=O) groups is 2. The highest BCUT2D eigenvalue weighted by Gasteiger charge is 2.23. The van der Waals surface area contributed by atoms with Crippen LogP contribution in [0.4, 0.5) is 5.69 Å². The summed E-state index contributed by atoms with van der Waals surface area (Å²) in [6.07, 6.45) is 0.458. The zero-order valence-corrected chi connectivity index (χ0v) is 8.72. The Hall–Kier alpha value is -2.24. The van der Waals surface area contributed by atoms with E-state index in [9.17, 15) is 19.7 Å². The maximum absolute atomic E-state index is 11.3. The Morgan fingerprint density at radius 3 is 2.50 bits per heavy atom. The molecule has 0 fully saturated rings. The first-order valence-corrected chi connectivity index (χ1v) is 4.33. The van der Waals surface area contributed by atoms with Crippen molar-refractivity contribution >= 4 is 17.8 Å². The van der Waals surface area contributed by atoms with Crippen molar-refractivity contribution in [1.82, 2.24) is 0 Å². The lowest BCUT2D eigenvalue weighted by Gasteiger charge is -2.06. The van der Waals surface area contributed by atoms with Gasteiger partial charge in [0.15, 0.2) is 5.78 Å². The molecule has 0 N–H and O–H groups in total. The van der Waals surface area contributed by atoms with Gasteiger partial charge in [-0.3, -0.25) is 19.7 Å². The third kappa shape index (κ3) is 2.05. The van der Waals surface area contributed by atoms with Gasteiger partial charge in [0.05, 0.1) is 12.0 Å². The molecule has 0 unspecified atom stereocenters. The molecule has 6 heteroatoms. The van der Waals surface area contributed by atoms with Gasteiger partial charge in [-0.2, -0.15) is 0 Å². The fourth-order valence-corrected chi connectivity index (χ4v) is 1.35. The summed E-state index contributed by atoms with van der Waals surface area (Å²) < 4.78 is 4.86. The van der Waals surface area contributed by atoms with Crippen LogP contribution in [0.3, 0.4) is 0 Å². The predicted molar refractivity (Wildman–Crippen MR) is 55.0 cm³/mol. The number of benzene rings is 1. The number of ketones is 1. The molecule has 0 aliphatic carbocycles. The quantitative estimate of drug-likeness (QED) is 0.335. The third-order valence-electron chi connectivity index (χ3n) is 2.01. The van der Waals surface area contributed by atoms with Crippen LogP contribution in [0.2, 0.25) is 0 Å². The van der Waals surface area contributed by atoms with Crippen LogP contribution >= 0.6 is 0 Å². The summed E-state index contributed by atoms with van der Waals surface area (Å²) >= 11 is 0. The van der Waals surface area contributed by atoms with Crippen LogP contribution in [0, 0.1) is 10.1 Å². The normalized spacial score (nSPS) is 9.62. The number of hydrogen-bond acceptors (Lipinski definition) is 5. The van der Waals surface area contributed by atoms with Crippen LogP contribution in [0.15, 0.2) is 12.1 Å². The first kappa shape index (κ1) is 11.8. The highest BCUT2D eigenvalue weighted by atomic mass is 16.6. The van der Waals surface area contributed by atoms with Crippen LogP contribution in [-0.4, -0.2) is 24.1 Å². The molecule has 0 heterocycles. The second kappa shape index (κ2) is 4.52. The van der Waals surface area contributed by atoms with Gasteiger partial charge < -0.3 is 4.74 Å². The molecule has 0 atom stereocenters. The number of methoxy groups -OCH3 is 1. The molecule has 1 aromatic carbocycles. The summed E-state index contributed by atoms with van der Waals surface area (Å²) in [5.74, 6) is -0.454. The lowest BCUT2D eigenvalue weighted by molar-refractivity contribution is -0.385. The van der Waals surface area contributed by atoms with Crippen molar-refractivity contribution in [2.24, 2.45) is 0 Å². The number of carbonyl (C=O) groups excluding carboxylic acids is 2. The number of rotatable bonds is 4. The van der Waals surface area contributed by atoms with Gasteiger partial charge in [-0.15, -0.1) is 0 Å². The lowest BCUT2D eigenvalue weighted by atomic mass is 10.1. The van der Waals surface area contributed by atoms with Gasteiger partial charge in [-0.05, 0) is 13.0 Å². The van der Waals surface area contributed by atoms with Crippen molar-refractivity contribution in [3.63, 3.8) is 0 Å². The zero-order chi connectivity index (χ0) is 12.3. The molecule has 0 saturated heterocycles. The Morgan fingerprint density at radius 2 is 2.12 bits per heavy atom. The van der Waals surface area contributed by atoms with Gasteiger partial charge in [-0.1, -0.05) is 0 Å². The second-order valence-electron chi connectivity index (χ2n) is 3.05. The van der Waals surface area contributed by atoms with Crippen molar-refractivity contribution in [1.29, 1.82) is 0 Å². The van der Waals surface area contributed by atoms with Crippen LogP contribution < -0.4 is 4.74 Å². The van der Waals surface area contributed by atoms with Crippen molar-refractivity contribution in [2.45, 2.75) is 6.92 Å². The first-order valence-electron chi connectivity index (χ1n) is 4.33. The number of nitrogens with zero attached hydrogens (tertiary/aromatic N) is 1. The Bertz CT molecular complexity index is 467. The summed E-state index contributed by atoms with van der Waals surface area (Å²) in [6.45, 7) is 1.20. The topological polar surface area (TPSA) is 86.5 Å². The smallest absolute Gasteiger partial charge is 0.284 e. The molecular weight excluding hydrogens is 214 g/mol. The maximum Gasteiger partial charge on any atom is 0.284 e. The van der Waals surface area contributed by atoms with E-state index in [-0.39, 0.29) is 16.9 Å². The maximum atomic E-state index is 11.3. The number of nitro benzene ring substituents is 1. The molecule has 0 aliphatic heterocycles. The van der Waals surface area contributed by atoms with Gasteiger partial charge in [-0.25, -0.2) is 0 Å². The predicted octanol–water partition coefficient (Wildman–Crippen LogP) is 1.62. The number of aldehydes is 1. The minimum absolute atomic E-state index is 0.0313. The molecule has 16 heavy (non-hydrogen) atoms. The highest BCUT2D eigenvalue weighted by Crippen LogP contribution is 2.30. The zero-order valence-electron chi connectivity index (χ0n) is 8.72. The van der Waals surface area contributed by atoms with Crippen molar-refractivity contribution in [3.8, 4) is 5.75 Å². The van der Waals surface area contributed by atoms with Crippen molar-refractivity contribution in [3.05, 3.63) is 33.4 Å². The van der Waals surface area contributed by atoms with Crippen LogP contribution in [0.25, 0.3) is 0 Å². The van der Waals surface area contributed by atoms with E-state index < -0.39 is 16.4 Å². The van der Waals surface area contributed by atoms with E-state index in [0.29, 0.717) is 6.29 Å². The molecular formula is C10H9NO5. The molecule has 84 valence electrons. The number of nitro groups is 1. The number of ether oxygens (including phenoxy) is 1. The summed E-state index contributed by atoms with van der Waals surface area (Å²) in [5, 5.41) is 10.7. The summed E-state index contributed by atoms with van der Waals surface area (Å²) in [5.41, 5.74) is -0.458. The Labute approximate surface area is 91.0 Å². The average Bonchev–Trinajstić information content (AvgIpc) is 2.26. The molecule has 0 bridgehead atoms. The van der Waals surface area contributed by atoms with E-state index in [0.717, 1.165) is 6.07 Å². The van der Waals surface area contributed by atoms with E-state index in [1.165, 1.54) is 20.1 Å². The van der Waals surface area contributed by atoms with Gasteiger partial charge in [0.2, 0.25) is 0 Å². The molecule has 0 amide bonds. The average molecular weight is 223 g/mol. The number of Topliss-reactive ketones (excluding diaryl/α,β-unsaturated/α-hetero) is 1. The fourth-order valence-electron chi connectivity index (χ4n) is 1.35. The Balaban J connectivity index is 3.59. The van der Waals surface area contributed by atoms with Gasteiger partial charge in [0.25, 0.3) is 5.69 Å². The molecule has 1 rings (SSSR count). The molecule has 0 saturated carbocycles. The van der Waals surface area contributed by atoms with E-state index >= 15 is 0 Å². The largest absolute Gasteiger partial charge is 0.496 e. The Morgan fingerprint density at radius 1 is 1.50 bits per heavy atom. The minimum Gasteiger partial charge on any atom is -0.496 e. The van der Waals surface area contributed by atoms with E-state index in [2.05, 4.69) is 0 Å². The summed E-state index contributed by atoms with van der Waals surface area (Å²) in [4.78, 5) is 31.9. The van der Waals surface area contributed by atoms with E-state index in [4.69, 9.17) is 4.74 Å². The number of hydrogen-bond donors (Lipinski definition) is 0. The monoisotopic (exact) mass is 223 g/mol. The third-order valence-corrected chi connectivity index (χ3v) is 2.01. The molecule has 0 radical (unpaired) electrons. The summed E-state index contributed by atoms with van der Waals surface area (Å²) in [7, 11) is 1.28. The van der Waals surface area contributed by atoms with E-state index in [1.807, 2.05) is 0 Å². The van der Waals surface area contributed by atoms with Crippen molar-refractivity contribution in [2.75, 3.05) is 7.11 Å². The molecule has 0 aliphatic rings. The second-order valence-corrected chi connectivity index (χ2v) is 3.05. The van der Waals surface area contributed by atoms with Crippen LogP contribution in [-0.2, 0) is 0 Å². The van der Waals surface area contributed by atoms with Crippen molar-refractivity contribution < 1.29 is 19.2 Å². The summed E-state index contributed by atoms with van der Waals surface area (Å²) in [6, 6.07) is 2.34. The minimum atomic E-state index is -0.716. The van der Waals surface area contributed by atoms with Gasteiger partial charge in [0.1, 0.15) is 17.6 Å². The Kier molecular flexibility index (Phi) is 3.34. The standard InChI is InChI=1S/C10H9NO5/c1-6(13)10-8(11(14)15)3-7(5-12)4-9(10)16-2/h3-5H,1-2H3. The SMILES string of the molecule is COc1cc(C=O)cc([N+](=O)[O-])c1C(C)=O. The molecule has 6 nitrogen and oxygen atoms in total. The molecule has 1 aromatic rings. The highest BCUT2D eigenvalue weighted by molar-refractivity contribution is 6.02. The first-order chi connectivity index (χ1) is 7.51. The molecule has 0 spiro atoms. The van der Waals surface area contributed by atoms with Gasteiger partial charge >= 0.3 is 0 Å². The van der Waals surface area contributed by atoms with Gasteiger partial charge in [0, 0.05) is 11.6 Å². The van der Waals surface area contributed by atoms with Crippen LogP contribution in [0.1, 0.15) is 27.6 Å². The molecule has 0 aromatic heterocycles. The lowest BCUT2D eigenvalue weighted by Crippen LogP contribution is -2.04.